The molecule has 0 bridgehead atoms. The molecular weight excluding hydrogens is 220 g/mol. The minimum absolute atomic E-state index is 0.138. The lowest BCUT2D eigenvalue weighted by atomic mass is 9.92. The van der Waals surface area contributed by atoms with Crippen LogP contribution in [0.4, 0.5) is 0 Å². The van der Waals surface area contributed by atoms with Crippen LogP contribution in [0.3, 0.4) is 0 Å². The van der Waals surface area contributed by atoms with Crippen LogP contribution in [0, 0.1) is 0 Å². The zero-order valence-electron chi connectivity index (χ0n) is 9.77. The number of thioether (sulfide) groups is 1. The molecule has 0 aromatic heterocycles. The van der Waals surface area contributed by atoms with Crippen LogP contribution in [0.5, 0.6) is 5.75 Å². The van der Waals surface area contributed by atoms with Crippen molar-refractivity contribution in [2.75, 3.05) is 11.5 Å². The SMILES string of the molecule is CC(C)Oc1ccccc1C1(O)CCSC1. The quantitative estimate of drug-likeness (QED) is 0.878. The molecule has 1 fully saturated rings. The van der Waals surface area contributed by atoms with Gasteiger partial charge in [0, 0.05) is 11.3 Å². The van der Waals surface area contributed by atoms with E-state index in [2.05, 4.69) is 0 Å². The molecule has 16 heavy (non-hydrogen) atoms. The summed E-state index contributed by atoms with van der Waals surface area (Å²) < 4.78 is 5.75. The van der Waals surface area contributed by atoms with E-state index in [0.29, 0.717) is 0 Å². The Labute approximate surface area is 101 Å². The lowest BCUT2D eigenvalue weighted by Crippen LogP contribution is -2.26. The van der Waals surface area contributed by atoms with Gasteiger partial charge in [-0.3, -0.25) is 0 Å². The van der Waals surface area contributed by atoms with Crippen LogP contribution in [-0.4, -0.2) is 22.7 Å². The Kier molecular flexibility index (Phi) is 3.45. The van der Waals surface area contributed by atoms with Gasteiger partial charge < -0.3 is 9.84 Å². The van der Waals surface area contributed by atoms with Crippen molar-refractivity contribution in [3.63, 3.8) is 0 Å². The average molecular weight is 238 g/mol. The van der Waals surface area contributed by atoms with E-state index in [1.165, 1.54) is 0 Å². The molecule has 1 aliphatic rings. The third-order valence-electron chi connectivity index (χ3n) is 2.75. The monoisotopic (exact) mass is 238 g/mol. The fourth-order valence-corrected chi connectivity index (χ4v) is 3.24. The summed E-state index contributed by atoms with van der Waals surface area (Å²) in [4.78, 5) is 0. The highest BCUT2D eigenvalue weighted by Gasteiger charge is 2.36. The van der Waals surface area contributed by atoms with E-state index in [4.69, 9.17) is 4.74 Å². The molecule has 0 aliphatic carbocycles. The summed E-state index contributed by atoms with van der Waals surface area (Å²) >= 11 is 1.80. The van der Waals surface area contributed by atoms with Crippen LogP contribution < -0.4 is 4.74 Å². The predicted molar refractivity (Wildman–Crippen MR) is 68.0 cm³/mol. The molecule has 1 unspecified atom stereocenters. The molecule has 0 saturated carbocycles. The van der Waals surface area contributed by atoms with Gasteiger partial charge in [-0.05, 0) is 32.1 Å². The number of para-hydroxylation sites is 1. The van der Waals surface area contributed by atoms with Crippen LogP contribution in [-0.2, 0) is 5.60 Å². The van der Waals surface area contributed by atoms with Gasteiger partial charge in [0.2, 0.25) is 0 Å². The summed E-state index contributed by atoms with van der Waals surface area (Å²) in [5, 5.41) is 10.6. The number of rotatable bonds is 3. The van der Waals surface area contributed by atoms with E-state index in [0.717, 1.165) is 29.2 Å². The van der Waals surface area contributed by atoms with Crippen LogP contribution in [0.25, 0.3) is 0 Å². The first-order chi connectivity index (χ1) is 7.62. The minimum atomic E-state index is -0.698. The van der Waals surface area contributed by atoms with Crippen molar-refractivity contribution in [1.29, 1.82) is 0 Å². The lowest BCUT2D eigenvalue weighted by Gasteiger charge is -2.25. The predicted octanol–water partition coefficient (Wildman–Crippen LogP) is 2.80. The van der Waals surface area contributed by atoms with Crippen molar-refractivity contribution in [1.82, 2.24) is 0 Å². The fraction of sp³-hybridized carbons (Fsp3) is 0.538. The van der Waals surface area contributed by atoms with Crippen molar-refractivity contribution >= 4 is 11.8 Å². The highest BCUT2D eigenvalue weighted by atomic mass is 32.2. The van der Waals surface area contributed by atoms with Gasteiger partial charge in [0.15, 0.2) is 0 Å². The van der Waals surface area contributed by atoms with Crippen molar-refractivity contribution in [3.8, 4) is 5.75 Å². The molecule has 3 heteroatoms. The smallest absolute Gasteiger partial charge is 0.125 e. The molecule has 2 rings (SSSR count). The number of hydrogen-bond acceptors (Lipinski definition) is 3. The molecule has 1 atom stereocenters. The molecule has 0 radical (unpaired) electrons. The molecular formula is C13H18O2S. The molecule has 1 aromatic rings. The van der Waals surface area contributed by atoms with Crippen molar-refractivity contribution in [2.24, 2.45) is 0 Å². The average Bonchev–Trinajstić information content (AvgIpc) is 2.66. The Balaban J connectivity index is 2.32. The molecule has 1 saturated heterocycles. The molecule has 2 nitrogen and oxygen atoms in total. The molecule has 1 aliphatic heterocycles. The Hall–Kier alpha value is -0.670. The van der Waals surface area contributed by atoms with Crippen LogP contribution in [0.1, 0.15) is 25.8 Å². The van der Waals surface area contributed by atoms with Gasteiger partial charge in [0.1, 0.15) is 11.4 Å². The maximum absolute atomic E-state index is 10.6. The Morgan fingerprint density at radius 2 is 2.12 bits per heavy atom. The summed E-state index contributed by atoms with van der Waals surface area (Å²) in [7, 11) is 0. The van der Waals surface area contributed by atoms with Gasteiger partial charge in [0.05, 0.1) is 6.10 Å². The van der Waals surface area contributed by atoms with Crippen molar-refractivity contribution < 1.29 is 9.84 Å². The van der Waals surface area contributed by atoms with Crippen molar-refractivity contribution in [2.45, 2.75) is 32.0 Å². The van der Waals surface area contributed by atoms with Gasteiger partial charge in [-0.25, -0.2) is 0 Å². The van der Waals surface area contributed by atoms with E-state index in [1.54, 1.807) is 11.8 Å². The lowest BCUT2D eigenvalue weighted by molar-refractivity contribution is 0.0609. The number of hydrogen-bond donors (Lipinski definition) is 1. The fourth-order valence-electron chi connectivity index (χ4n) is 1.97. The van der Waals surface area contributed by atoms with Gasteiger partial charge in [-0.2, -0.15) is 11.8 Å². The molecule has 0 spiro atoms. The largest absolute Gasteiger partial charge is 0.491 e. The molecule has 88 valence electrons. The second kappa shape index (κ2) is 4.68. The molecule has 1 heterocycles. The number of aliphatic hydroxyl groups is 1. The summed E-state index contributed by atoms with van der Waals surface area (Å²) in [6.45, 7) is 4.01. The minimum Gasteiger partial charge on any atom is -0.491 e. The van der Waals surface area contributed by atoms with E-state index >= 15 is 0 Å². The first-order valence-corrected chi connectivity index (χ1v) is 6.83. The third-order valence-corrected chi connectivity index (χ3v) is 3.93. The number of ether oxygens (including phenoxy) is 1. The number of benzene rings is 1. The first-order valence-electron chi connectivity index (χ1n) is 5.68. The summed E-state index contributed by atoms with van der Waals surface area (Å²) in [5.74, 6) is 2.61. The van der Waals surface area contributed by atoms with Crippen LogP contribution in [0.2, 0.25) is 0 Å². The highest BCUT2D eigenvalue weighted by molar-refractivity contribution is 7.99. The zero-order valence-corrected chi connectivity index (χ0v) is 10.6. The van der Waals surface area contributed by atoms with Gasteiger partial charge in [-0.1, -0.05) is 18.2 Å². The van der Waals surface area contributed by atoms with E-state index in [9.17, 15) is 5.11 Å². The van der Waals surface area contributed by atoms with E-state index in [-0.39, 0.29) is 6.10 Å². The Bertz CT molecular complexity index is 357. The summed E-state index contributed by atoms with van der Waals surface area (Å²) in [6.07, 6.45) is 0.953. The third kappa shape index (κ3) is 2.36. The van der Waals surface area contributed by atoms with Gasteiger partial charge in [-0.15, -0.1) is 0 Å². The second-order valence-corrected chi connectivity index (χ2v) is 5.60. The van der Waals surface area contributed by atoms with Gasteiger partial charge in [0.25, 0.3) is 0 Å². The van der Waals surface area contributed by atoms with E-state index < -0.39 is 5.60 Å². The Morgan fingerprint density at radius 3 is 2.75 bits per heavy atom. The van der Waals surface area contributed by atoms with Crippen LogP contribution in [0.15, 0.2) is 24.3 Å². The maximum atomic E-state index is 10.6. The molecule has 1 aromatic carbocycles. The van der Waals surface area contributed by atoms with Crippen molar-refractivity contribution in [3.05, 3.63) is 29.8 Å². The zero-order chi connectivity index (χ0) is 11.6. The standard InChI is InChI=1S/C13H18O2S/c1-10(2)15-12-6-4-3-5-11(12)13(14)7-8-16-9-13/h3-6,10,14H,7-9H2,1-2H3. The van der Waals surface area contributed by atoms with Gasteiger partial charge >= 0.3 is 0 Å². The Morgan fingerprint density at radius 1 is 1.38 bits per heavy atom. The molecule has 1 N–H and O–H groups in total. The highest BCUT2D eigenvalue weighted by Crippen LogP contribution is 2.40. The molecule has 0 amide bonds. The summed E-state index contributed by atoms with van der Waals surface area (Å²) in [6, 6.07) is 7.83. The topological polar surface area (TPSA) is 29.5 Å². The van der Waals surface area contributed by atoms with Crippen LogP contribution >= 0.6 is 11.8 Å². The van der Waals surface area contributed by atoms with E-state index in [1.807, 2.05) is 38.1 Å². The first kappa shape index (κ1) is 11.8. The second-order valence-electron chi connectivity index (χ2n) is 4.50. The maximum Gasteiger partial charge on any atom is 0.125 e. The summed E-state index contributed by atoms with van der Waals surface area (Å²) in [5.41, 5.74) is 0.240. The normalized spacial score (nSPS) is 25.0.